The molecular formula is C9H16FNO. The molecule has 0 bridgehead atoms. The van der Waals surface area contributed by atoms with E-state index in [2.05, 4.69) is 5.32 Å². The summed E-state index contributed by atoms with van der Waals surface area (Å²) >= 11 is 0. The smallest absolute Gasteiger partial charge is 0.247 e. The van der Waals surface area contributed by atoms with E-state index in [0.717, 1.165) is 0 Å². The molecule has 0 aliphatic rings. The Morgan fingerprint density at radius 1 is 1.58 bits per heavy atom. The summed E-state index contributed by atoms with van der Waals surface area (Å²) in [5, 5.41) is 2.57. The van der Waals surface area contributed by atoms with Crippen LogP contribution in [0.5, 0.6) is 0 Å². The predicted octanol–water partition coefficient (Wildman–Crippen LogP) is 1.82. The van der Waals surface area contributed by atoms with E-state index < -0.39 is 12.2 Å². The molecule has 0 unspecified atom stereocenters. The molecule has 0 aliphatic heterocycles. The average Bonchev–Trinajstić information content (AvgIpc) is 2.02. The SMILES string of the molecule is C/C=C(/C)C(=O)NC(C)(C)CF. The Balaban J connectivity index is 4.19. The van der Waals surface area contributed by atoms with Crippen LogP contribution in [0.15, 0.2) is 11.6 Å². The van der Waals surface area contributed by atoms with Crippen LogP contribution in [0.2, 0.25) is 0 Å². The topological polar surface area (TPSA) is 29.1 Å². The second-order valence-electron chi connectivity index (χ2n) is 3.44. The van der Waals surface area contributed by atoms with Crippen molar-refractivity contribution in [2.24, 2.45) is 0 Å². The van der Waals surface area contributed by atoms with Gasteiger partial charge in [-0.2, -0.15) is 0 Å². The van der Waals surface area contributed by atoms with Gasteiger partial charge < -0.3 is 5.32 Å². The van der Waals surface area contributed by atoms with Gasteiger partial charge in [-0.1, -0.05) is 6.08 Å². The van der Waals surface area contributed by atoms with Crippen molar-refractivity contribution in [3.63, 3.8) is 0 Å². The minimum atomic E-state index is -0.763. The molecule has 0 aliphatic carbocycles. The Morgan fingerprint density at radius 3 is 2.42 bits per heavy atom. The van der Waals surface area contributed by atoms with Gasteiger partial charge in [-0.15, -0.1) is 0 Å². The van der Waals surface area contributed by atoms with Crippen LogP contribution in [0.3, 0.4) is 0 Å². The maximum absolute atomic E-state index is 12.3. The normalized spacial score (nSPS) is 12.9. The molecule has 0 spiro atoms. The fourth-order valence-corrected chi connectivity index (χ4v) is 0.570. The summed E-state index contributed by atoms with van der Waals surface area (Å²) in [4.78, 5) is 11.2. The van der Waals surface area contributed by atoms with Gasteiger partial charge in [0, 0.05) is 5.57 Å². The molecule has 0 radical (unpaired) electrons. The van der Waals surface area contributed by atoms with Crippen LogP contribution in [-0.4, -0.2) is 18.1 Å². The third-order valence-corrected chi connectivity index (χ3v) is 1.58. The van der Waals surface area contributed by atoms with E-state index in [1.165, 1.54) is 0 Å². The van der Waals surface area contributed by atoms with Gasteiger partial charge in [0.2, 0.25) is 5.91 Å². The minimum Gasteiger partial charge on any atom is -0.345 e. The van der Waals surface area contributed by atoms with E-state index in [-0.39, 0.29) is 5.91 Å². The van der Waals surface area contributed by atoms with Crippen molar-refractivity contribution >= 4 is 5.91 Å². The lowest BCUT2D eigenvalue weighted by molar-refractivity contribution is -0.119. The lowest BCUT2D eigenvalue weighted by Gasteiger charge is -2.22. The molecule has 70 valence electrons. The summed E-state index contributed by atoms with van der Waals surface area (Å²) < 4.78 is 12.3. The lowest BCUT2D eigenvalue weighted by Crippen LogP contribution is -2.45. The molecule has 0 fully saturated rings. The van der Waals surface area contributed by atoms with E-state index in [1.807, 2.05) is 0 Å². The minimum absolute atomic E-state index is 0.208. The molecule has 3 heteroatoms. The second-order valence-corrected chi connectivity index (χ2v) is 3.44. The van der Waals surface area contributed by atoms with Crippen LogP contribution in [0.4, 0.5) is 4.39 Å². The summed E-state index contributed by atoms with van der Waals surface area (Å²) in [6.07, 6.45) is 1.70. The first-order valence-corrected chi connectivity index (χ1v) is 3.94. The van der Waals surface area contributed by atoms with E-state index in [1.54, 1.807) is 33.8 Å². The summed E-state index contributed by atoms with van der Waals surface area (Å²) in [6.45, 7) is 6.21. The van der Waals surface area contributed by atoms with Gasteiger partial charge in [-0.25, -0.2) is 4.39 Å². The standard InChI is InChI=1S/C9H16FNO/c1-5-7(2)8(12)11-9(3,4)6-10/h5H,6H2,1-4H3,(H,11,12)/b7-5-. The maximum atomic E-state index is 12.3. The number of carbonyl (C=O) groups excluding carboxylic acids is 1. The Labute approximate surface area is 72.8 Å². The van der Waals surface area contributed by atoms with E-state index in [0.29, 0.717) is 5.57 Å². The van der Waals surface area contributed by atoms with Crippen LogP contribution < -0.4 is 5.32 Å². The van der Waals surface area contributed by atoms with Crippen molar-refractivity contribution in [3.8, 4) is 0 Å². The molecule has 0 atom stereocenters. The molecule has 0 heterocycles. The second kappa shape index (κ2) is 4.24. The summed E-state index contributed by atoms with van der Waals surface area (Å²) in [6, 6.07) is 0. The van der Waals surface area contributed by atoms with Crippen LogP contribution >= 0.6 is 0 Å². The number of alkyl halides is 1. The van der Waals surface area contributed by atoms with E-state index in [4.69, 9.17) is 0 Å². The number of carbonyl (C=O) groups is 1. The lowest BCUT2D eigenvalue weighted by atomic mass is 10.1. The Kier molecular flexibility index (Phi) is 3.93. The molecule has 2 nitrogen and oxygen atoms in total. The van der Waals surface area contributed by atoms with Crippen molar-refractivity contribution < 1.29 is 9.18 Å². The zero-order valence-corrected chi connectivity index (χ0v) is 8.07. The highest BCUT2D eigenvalue weighted by atomic mass is 19.1. The van der Waals surface area contributed by atoms with Crippen molar-refractivity contribution in [2.75, 3.05) is 6.67 Å². The highest BCUT2D eigenvalue weighted by Gasteiger charge is 2.20. The third-order valence-electron chi connectivity index (χ3n) is 1.58. The molecule has 0 saturated heterocycles. The van der Waals surface area contributed by atoms with Crippen molar-refractivity contribution in [1.82, 2.24) is 5.32 Å². The first-order chi connectivity index (χ1) is 5.43. The summed E-state index contributed by atoms with van der Waals surface area (Å²) in [7, 11) is 0. The molecule has 12 heavy (non-hydrogen) atoms. The van der Waals surface area contributed by atoms with Crippen molar-refractivity contribution in [2.45, 2.75) is 33.2 Å². The van der Waals surface area contributed by atoms with Gasteiger partial charge >= 0.3 is 0 Å². The Hall–Kier alpha value is -0.860. The molecule has 1 N–H and O–H groups in total. The van der Waals surface area contributed by atoms with Gasteiger partial charge in [0.1, 0.15) is 6.67 Å². The van der Waals surface area contributed by atoms with Gasteiger partial charge in [0.25, 0.3) is 0 Å². The third kappa shape index (κ3) is 3.51. The first kappa shape index (κ1) is 11.1. The van der Waals surface area contributed by atoms with Gasteiger partial charge in [-0.3, -0.25) is 4.79 Å². The van der Waals surface area contributed by atoms with Gasteiger partial charge in [-0.05, 0) is 27.7 Å². The molecule has 1 amide bonds. The molecule has 0 saturated carbocycles. The number of nitrogens with one attached hydrogen (secondary N) is 1. The molecule has 0 aromatic carbocycles. The number of halogens is 1. The summed E-state index contributed by atoms with van der Waals surface area (Å²) in [5.41, 5.74) is -0.155. The highest BCUT2D eigenvalue weighted by molar-refractivity contribution is 5.93. The number of amides is 1. The maximum Gasteiger partial charge on any atom is 0.247 e. The average molecular weight is 173 g/mol. The number of hydrogen-bond acceptors (Lipinski definition) is 1. The number of hydrogen-bond donors (Lipinski definition) is 1. The number of rotatable bonds is 3. The van der Waals surface area contributed by atoms with Gasteiger partial charge in [0.05, 0.1) is 5.54 Å². The Morgan fingerprint density at radius 2 is 2.08 bits per heavy atom. The van der Waals surface area contributed by atoms with Crippen LogP contribution in [0.25, 0.3) is 0 Å². The summed E-state index contributed by atoms with van der Waals surface area (Å²) in [5.74, 6) is -0.208. The fraction of sp³-hybridized carbons (Fsp3) is 0.667. The Bertz CT molecular complexity index is 197. The molecule has 0 aromatic rings. The largest absolute Gasteiger partial charge is 0.345 e. The zero-order valence-electron chi connectivity index (χ0n) is 8.07. The monoisotopic (exact) mass is 173 g/mol. The van der Waals surface area contributed by atoms with Crippen molar-refractivity contribution in [3.05, 3.63) is 11.6 Å². The number of allylic oxidation sites excluding steroid dienone is 1. The van der Waals surface area contributed by atoms with Crippen LogP contribution in [0.1, 0.15) is 27.7 Å². The quantitative estimate of drug-likeness (QED) is 0.648. The molecule has 0 rings (SSSR count). The molecular weight excluding hydrogens is 157 g/mol. The predicted molar refractivity (Wildman–Crippen MR) is 47.6 cm³/mol. The van der Waals surface area contributed by atoms with E-state index in [9.17, 15) is 9.18 Å². The van der Waals surface area contributed by atoms with E-state index >= 15 is 0 Å². The van der Waals surface area contributed by atoms with Crippen LogP contribution in [0, 0.1) is 0 Å². The van der Waals surface area contributed by atoms with Crippen LogP contribution in [-0.2, 0) is 4.79 Å². The van der Waals surface area contributed by atoms with Gasteiger partial charge in [0.15, 0.2) is 0 Å². The zero-order chi connectivity index (χ0) is 9.78. The van der Waals surface area contributed by atoms with Crippen molar-refractivity contribution in [1.29, 1.82) is 0 Å². The highest BCUT2D eigenvalue weighted by Crippen LogP contribution is 2.04. The first-order valence-electron chi connectivity index (χ1n) is 3.94. The fourth-order valence-electron chi connectivity index (χ4n) is 0.570. The molecule has 0 aromatic heterocycles.